The Labute approximate surface area is 236 Å². The van der Waals surface area contributed by atoms with E-state index in [0.29, 0.717) is 12.5 Å². The molecule has 0 spiro atoms. The van der Waals surface area contributed by atoms with Crippen molar-refractivity contribution in [2.24, 2.45) is 5.92 Å². The highest BCUT2D eigenvalue weighted by molar-refractivity contribution is 6.22. The molecule has 0 radical (unpaired) electrons. The summed E-state index contributed by atoms with van der Waals surface area (Å²) in [6, 6.07) is 0. The maximum absolute atomic E-state index is 9.00. The van der Waals surface area contributed by atoms with E-state index in [2.05, 4.69) is 78.5 Å². The molecule has 0 aliphatic rings. The first-order valence-corrected chi connectivity index (χ1v) is 15.2. The van der Waals surface area contributed by atoms with Crippen LogP contribution in [0.25, 0.3) is 0 Å². The number of hydrogen-bond acceptors (Lipinski definition) is 1. The lowest BCUT2D eigenvalue weighted by atomic mass is 10.0. The molecule has 0 saturated heterocycles. The zero-order valence-corrected chi connectivity index (χ0v) is 26.2. The Morgan fingerprint density at radius 2 is 0.946 bits per heavy atom. The molecule has 0 aliphatic heterocycles. The van der Waals surface area contributed by atoms with Gasteiger partial charge in [0.15, 0.2) is 0 Å². The molecule has 0 amide bonds. The van der Waals surface area contributed by atoms with Crippen LogP contribution in [-0.4, -0.2) is 17.1 Å². The maximum atomic E-state index is 9.00. The Kier molecular flexibility index (Phi) is 21.9. The molecule has 0 aliphatic carbocycles. The molecule has 0 aromatic rings. The van der Waals surface area contributed by atoms with E-state index in [9.17, 15) is 0 Å². The third kappa shape index (κ3) is 22.4. The second kappa shape index (κ2) is 22.7. The van der Waals surface area contributed by atoms with Gasteiger partial charge in [0.1, 0.15) is 0 Å². The second-order valence-electron chi connectivity index (χ2n) is 11.5. The Balaban J connectivity index is 4.14. The van der Waals surface area contributed by atoms with Crippen molar-refractivity contribution in [1.82, 2.24) is 0 Å². The summed E-state index contributed by atoms with van der Waals surface area (Å²) in [5.74, 6) is 0.618. The van der Waals surface area contributed by atoms with Crippen molar-refractivity contribution >= 4 is 11.6 Å². The largest absolute Gasteiger partial charge is 0.396 e. The second-order valence-corrected chi connectivity index (χ2v) is 12.0. The predicted molar refractivity (Wildman–Crippen MR) is 170 cm³/mol. The van der Waals surface area contributed by atoms with Gasteiger partial charge in [-0.2, -0.15) is 0 Å². The molecule has 2 atom stereocenters. The van der Waals surface area contributed by atoms with Crippen LogP contribution in [0.5, 0.6) is 0 Å². The van der Waals surface area contributed by atoms with Gasteiger partial charge in [0.25, 0.3) is 0 Å². The third-order valence-electron chi connectivity index (χ3n) is 7.23. The highest BCUT2D eigenvalue weighted by Gasteiger charge is 2.04. The van der Waals surface area contributed by atoms with Gasteiger partial charge in [-0.15, -0.1) is 11.6 Å². The fourth-order valence-corrected chi connectivity index (χ4v) is 4.38. The molecule has 2 heteroatoms. The van der Waals surface area contributed by atoms with Crippen LogP contribution in [0.15, 0.2) is 70.4 Å². The summed E-state index contributed by atoms with van der Waals surface area (Å²) >= 11 is 6.28. The van der Waals surface area contributed by atoms with Crippen LogP contribution < -0.4 is 0 Å². The zero-order valence-electron chi connectivity index (χ0n) is 25.5. The van der Waals surface area contributed by atoms with Crippen molar-refractivity contribution in [3.05, 3.63) is 70.4 Å². The highest BCUT2D eigenvalue weighted by Crippen LogP contribution is 2.19. The number of aliphatic hydroxyl groups excluding tert-OH is 1. The molecule has 2 unspecified atom stereocenters. The van der Waals surface area contributed by atoms with Gasteiger partial charge in [0, 0.05) is 6.61 Å². The standard InChI is InChI=1S/C35H59ClO/c1-28(2)35(36)25-24-33(7)22-12-20-31(5)18-10-16-29(3)14-9-15-30(4)17-11-19-32(6)21-13-23-34(8)26-27-37/h14,17-18,21-22,34-35,37H,1,9-13,15-16,19-20,23-27H2,2-8H3. The first-order valence-electron chi connectivity index (χ1n) is 14.7. The molecule has 0 saturated carbocycles. The quantitative estimate of drug-likeness (QED) is 0.115. The molecule has 1 N–H and O–H groups in total. The summed E-state index contributed by atoms with van der Waals surface area (Å²) in [6.45, 7) is 19.8. The van der Waals surface area contributed by atoms with E-state index >= 15 is 0 Å². The monoisotopic (exact) mass is 530 g/mol. The summed E-state index contributed by atoms with van der Waals surface area (Å²) in [4.78, 5) is 0. The predicted octanol–water partition coefficient (Wildman–Crippen LogP) is 11.6. The van der Waals surface area contributed by atoms with Gasteiger partial charge < -0.3 is 5.11 Å². The molecule has 37 heavy (non-hydrogen) atoms. The van der Waals surface area contributed by atoms with E-state index in [1.54, 1.807) is 0 Å². The zero-order chi connectivity index (χ0) is 28.1. The molecular weight excluding hydrogens is 472 g/mol. The number of alkyl halides is 1. The number of halogens is 1. The normalized spacial score (nSPS) is 15.8. The van der Waals surface area contributed by atoms with E-state index in [1.165, 1.54) is 34.3 Å². The number of aliphatic hydroxyl groups is 1. The van der Waals surface area contributed by atoms with Gasteiger partial charge in [-0.05, 0) is 131 Å². The SMILES string of the molecule is C=C(C)C(Cl)CCC(C)=CCCC(C)=CCCC(C)=CCCC(C)=CCCC(C)=CCCC(C)CCO. The lowest BCUT2D eigenvalue weighted by molar-refractivity contribution is 0.259. The fraction of sp³-hybridized carbons (Fsp3) is 0.657. The molecule has 0 aromatic heterocycles. The van der Waals surface area contributed by atoms with E-state index in [4.69, 9.17) is 16.7 Å². The Hall–Kier alpha value is -1.31. The summed E-state index contributed by atoms with van der Waals surface area (Å²) in [6.07, 6.45) is 26.5. The van der Waals surface area contributed by atoms with Crippen molar-refractivity contribution in [3.63, 3.8) is 0 Å². The fourth-order valence-electron chi connectivity index (χ4n) is 4.28. The summed E-state index contributed by atoms with van der Waals surface area (Å²) in [5.41, 5.74) is 8.51. The van der Waals surface area contributed by atoms with E-state index in [1.807, 2.05) is 6.92 Å². The minimum Gasteiger partial charge on any atom is -0.396 e. The Morgan fingerprint density at radius 3 is 1.30 bits per heavy atom. The van der Waals surface area contributed by atoms with E-state index < -0.39 is 0 Å². The molecule has 0 bridgehead atoms. The van der Waals surface area contributed by atoms with Crippen LogP contribution in [0.3, 0.4) is 0 Å². The van der Waals surface area contributed by atoms with Crippen molar-refractivity contribution < 1.29 is 5.11 Å². The Bertz CT molecular complexity index is 777. The van der Waals surface area contributed by atoms with Crippen molar-refractivity contribution in [2.45, 2.75) is 137 Å². The summed E-state index contributed by atoms with van der Waals surface area (Å²) < 4.78 is 0. The summed E-state index contributed by atoms with van der Waals surface area (Å²) in [7, 11) is 0. The third-order valence-corrected chi connectivity index (χ3v) is 7.82. The minimum absolute atomic E-state index is 0.0980. The molecular formula is C35H59ClO. The van der Waals surface area contributed by atoms with Gasteiger partial charge in [-0.3, -0.25) is 0 Å². The molecule has 0 aromatic carbocycles. The van der Waals surface area contributed by atoms with Crippen molar-refractivity contribution in [3.8, 4) is 0 Å². The lowest BCUT2D eigenvalue weighted by Crippen LogP contribution is -1.99. The van der Waals surface area contributed by atoms with E-state index in [-0.39, 0.29) is 5.38 Å². The van der Waals surface area contributed by atoms with Crippen LogP contribution in [0.1, 0.15) is 132 Å². The first-order chi connectivity index (χ1) is 17.5. The Morgan fingerprint density at radius 1 is 0.595 bits per heavy atom. The molecule has 0 heterocycles. The van der Waals surface area contributed by atoms with Crippen molar-refractivity contribution in [2.75, 3.05) is 6.61 Å². The van der Waals surface area contributed by atoms with Crippen LogP contribution in [0.4, 0.5) is 0 Å². The van der Waals surface area contributed by atoms with Gasteiger partial charge in [-0.25, -0.2) is 0 Å². The maximum Gasteiger partial charge on any atom is 0.0543 e. The van der Waals surface area contributed by atoms with Crippen LogP contribution >= 0.6 is 11.6 Å². The number of hydrogen-bond donors (Lipinski definition) is 1. The highest BCUT2D eigenvalue weighted by atomic mass is 35.5. The molecule has 1 nitrogen and oxygen atoms in total. The van der Waals surface area contributed by atoms with Gasteiger partial charge in [0.2, 0.25) is 0 Å². The smallest absolute Gasteiger partial charge is 0.0543 e. The topological polar surface area (TPSA) is 20.2 Å². The van der Waals surface area contributed by atoms with Gasteiger partial charge in [-0.1, -0.05) is 77.3 Å². The van der Waals surface area contributed by atoms with Crippen LogP contribution in [0.2, 0.25) is 0 Å². The van der Waals surface area contributed by atoms with E-state index in [0.717, 1.165) is 82.6 Å². The van der Waals surface area contributed by atoms with Gasteiger partial charge >= 0.3 is 0 Å². The molecule has 212 valence electrons. The van der Waals surface area contributed by atoms with Crippen LogP contribution in [-0.2, 0) is 0 Å². The average Bonchev–Trinajstić information content (AvgIpc) is 2.82. The van der Waals surface area contributed by atoms with Crippen molar-refractivity contribution in [1.29, 1.82) is 0 Å². The van der Waals surface area contributed by atoms with Crippen LogP contribution in [0, 0.1) is 5.92 Å². The molecule has 0 fully saturated rings. The number of allylic oxidation sites excluding steroid dienone is 11. The summed E-state index contributed by atoms with van der Waals surface area (Å²) in [5, 5.41) is 9.10. The number of rotatable bonds is 21. The first kappa shape index (κ1) is 35.7. The average molecular weight is 531 g/mol. The minimum atomic E-state index is 0.0980. The lowest BCUT2D eigenvalue weighted by Gasteiger charge is -2.08. The molecule has 0 rings (SSSR count). The van der Waals surface area contributed by atoms with Gasteiger partial charge in [0.05, 0.1) is 5.38 Å².